The lowest BCUT2D eigenvalue weighted by Crippen LogP contribution is -2.33. The molecule has 6 heteroatoms. The summed E-state index contributed by atoms with van der Waals surface area (Å²) in [4.78, 5) is 30.2. The Bertz CT molecular complexity index is 1100. The van der Waals surface area contributed by atoms with Gasteiger partial charge in [0.2, 0.25) is 0 Å². The number of nitro benzene ring substituents is 1. The van der Waals surface area contributed by atoms with Gasteiger partial charge in [-0.05, 0) is 13.3 Å². The van der Waals surface area contributed by atoms with Gasteiger partial charge in [-0.2, -0.15) is 0 Å². The summed E-state index contributed by atoms with van der Waals surface area (Å²) in [6.07, 6.45) is 0.633. The summed E-state index contributed by atoms with van der Waals surface area (Å²) in [5, 5.41) is 11.7. The van der Waals surface area contributed by atoms with Crippen molar-refractivity contribution in [3.63, 3.8) is 0 Å². The van der Waals surface area contributed by atoms with Gasteiger partial charge in [0.05, 0.1) is 10.6 Å². The first kappa shape index (κ1) is 18.4. The zero-order chi connectivity index (χ0) is 20.0. The number of ketones is 1. The fourth-order valence-electron chi connectivity index (χ4n) is 4.24. The van der Waals surface area contributed by atoms with Gasteiger partial charge in [0.25, 0.3) is 5.69 Å². The highest BCUT2D eigenvalue weighted by molar-refractivity contribution is 7.80. The van der Waals surface area contributed by atoms with Gasteiger partial charge >= 0.3 is 0 Å². The Morgan fingerprint density at radius 2 is 1.79 bits per heavy atom. The molecule has 2 aromatic rings. The van der Waals surface area contributed by atoms with E-state index in [9.17, 15) is 14.9 Å². The number of nitrogens with zero attached hydrogens (tertiary/aromatic N) is 2. The normalized spacial score (nSPS) is 20.5. The van der Waals surface area contributed by atoms with Crippen LogP contribution in [-0.2, 0) is 0 Å². The lowest BCUT2D eigenvalue weighted by molar-refractivity contribution is -0.385. The Morgan fingerprint density at radius 1 is 1.14 bits per heavy atom. The van der Waals surface area contributed by atoms with E-state index in [1.807, 2.05) is 32.0 Å². The van der Waals surface area contributed by atoms with Crippen LogP contribution in [0, 0.1) is 16.0 Å². The highest BCUT2D eigenvalue weighted by atomic mass is 32.1. The number of thiocarbonyl (C=S) groups is 1. The number of benzene rings is 2. The number of hydrogen-bond acceptors (Lipinski definition) is 5. The van der Waals surface area contributed by atoms with Crippen LogP contribution in [0.4, 0.5) is 5.69 Å². The zero-order valence-corrected chi connectivity index (χ0v) is 16.3. The van der Waals surface area contributed by atoms with E-state index >= 15 is 0 Å². The number of carbonyl (C=O) groups is 1. The van der Waals surface area contributed by atoms with E-state index in [2.05, 4.69) is 0 Å². The maximum Gasteiger partial charge on any atom is 0.273 e. The fourth-order valence-corrected chi connectivity index (χ4v) is 4.55. The number of allylic oxidation sites excluding steroid dienone is 1. The molecule has 4 rings (SSSR count). The second-order valence-electron chi connectivity index (χ2n) is 6.98. The summed E-state index contributed by atoms with van der Waals surface area (Å²) in [5.74, 6) is -0.950. The summed E-state index contributed by atoms with van der Waals surface area (Å²) in [6.45, 7) is 3.85. The predicted molar refractivity (Wildman–Crippen MR) is 113 cm³/mol. The van der Waals surface area contributed by atoms with Crippen LogP contribution in [0.25, 0.3) is 5.70 Å². The van der Waals surface area contributed by atoms with Crippen LogP contribution in [-0.4, -0.2) is 21.3 Å². The number of fused-ring (bicyclic) bond motifs is 2. The number of hydrogen-bond donors (Lipinski definition) is 0. The molecule has 1 heterocycles. The molecule has 0 radical (unpaired) electrons. The van der Waals surface area contributed by atoms with Gasteiger partial charge in [0.15, 0.2) is 5.78 Å². The second kappa shape index (κ2) is 6.87. The minimum absolute atomic E-state index is 0.00158. The first-order valence-corrected chi connectivity index (χ1v) is 9.56. The van der Waals surface area contributed by atoms with Crippen LogP contribution in [0.2, 0.25) is 0 Å². The SMILES string of the molecule is CCC(=S)C1C(C)=NC2=C(C(=O)c3ccccc32)C1c1ccccc1[N+](=O)[O-]. The molecule has 2 unspecified atom stereocenters. The molecule has 0 spiro atoms. The highest BCUT2D eigenvalue weighted by Gasteiger charge is 2.45. The molecule has 0 N–H and O–H groups in total. The molecule has 2 atom stereocenters. The number of para-hydroxylation sites is 1. The summed E-state index contributed by atoms with van der Waals surface area (Å²) >= 11 is 5.64. The summed E-state index contributed by atoms with van der Waals surface area (Å²) in [7, 11) is 0. The maximum absolute atomic E-state index is 13.3. The third-order valence-corrected chi connectivity index (χ3v) is 6.02. The quantitative estimate of drug-likeness (QED) is 0.411. The minimum Gasteiger partial charge on any atom is -0.289 e. The van der Waals surface area contributed by atoms with E-state index < -0.39 is 10.8 Å². The van der Waals surface area contributed by atoms with Crippen molar-refractivity contribution in [1.82, 2.24) is 0 Å². The standard InChI is InChI=1S/C22H18N2O3S/c1-3-17(28)18-12(2)23-21-13-8-4-5-9-14(13)22(25)20(21)19(18)15-10-6-7-11-16(15)24(26)27/h4-11,18-19H,3H2,1-2H3. The molecule has 28 heavy (non-hydrogen) atoms. The molecule has 1 aliphatic heterocycles. The maximum atomic E-state index is 13.3. The van der Waals surface area contributed by atoms with Crippen molar-refractivity contribution < 1.29 is 9.72 Å². The summed E-state index contributed by atoms with van der Waals surface area (Å²) in [5.41, 5.74) is 3.82. The lowest BCUT2D eigenvalue weighted by Gasteiger charge is -2.32. The fraction of sp³-hybridized carbons (Fsp3) is 0.227. The van der Waals surface area contributed by atoms with Gasteiger partial charge in [-0.1, -0.05) is 61.6 Å². The monoisotopic (exact) mass is 390 g/mol. The molecule has 2 aromatic carbocycles. The Labute approximate surface area is 168 Å². The van der Waals surface area contributed by atoms with E-state index in [1.54, 1.807) is 24.3 Å². The van der Waals surface area contributed by atoms with Crippen LogP contribution in [0.1, 0.15) is 47.7 Å². The highest BCUT2D eigenvalue weighted by Crippen LogP contribution is 2.50. The van der Waals surface area contributed by atoms with Gasteiger partial charge < -0.3 is 0 Å². The van der Waals surface area contributed by atoms with Crippen molar-refractivity contribution in [2.75, 3.05) is 0 Å². The van der Waals surface area contributed by atoms with Crippen LogP contribution >= 0.6 is 12.2 Å². The van der Waals surface area contributed by atoms with Gasteiger partial charge in [-0.25, -0.2) is 0 Å². The summed E-state index contributed by atoms with van der Waals surface area (Å²) < 4.78 is 0. The Hall–Kier alpha value is -2.99. The second-order valence-corrected chi connectivity index (χ2v) is 7.51. The average molecular weight is 390 g/mol. The van der Waals surface area contributed by atoms with Crippen molar-refractivity contribution in [3.8, 4) is 0 Å². The van der Waals surface area contributed by atoms with Crippen molar-refractivity contribution in [2.24, 2.45) is 10.9 Å². The Kier molecular flexibility index (Phi) is 4.51. The van der Waals surface area contributed by atoms with Crippen molar-refractivity contribution in [2.45, 2.75) is 26.2 Å². The van der Waals surface area contributed by atoms with Crippen LogP contribution < -0.4 is 0 Å². The molecule has 0 amide bonds. The lowest BCUT2D eigenvalue weighted by atomic mass is 9.73. The molecule has 140 valence electrons. The Morgan fingerprint density at radius 3 is 2.46 bits per heavy atom. The molecule has 0 bridgehead atoms. The molecule has 0 aromatic heterocycles. The largest absolute Gasteiger partial charge is 0.289 e. The predicted octanol–water partition coefficient (Wildman–Crippen LogP) is 5.16. The molecule has 0 fully saturated rings. The van der Waals surface area contributed by atoms with Crippen LogP contribution in [0.5, 0.6) is 0 Å². The van der Waals surface area contributed by atoms with E-state index in [4.69, 9.17) is 17.2 Å². The van der Waals surface area contributed by atoms with Crippen molar-refractivity contribution in [1.29, 1.82) is 0 Å². The number of carbonyl (C=O) groups excluding carboxylic acids is 1. The molecule has 0 saturated heterocycles. The first-order chi connectivity index (χ1) is 13.5. The number of aliphatic imine (C=N–C) groups is 1. The molecule has 0 saturated carbocycles. The molecule has 5 nitrogen and oxygen atoms in total. The topological polar surface area (TPSA) is 72.6 Å². The van der Waals surface area contributed by atoms with Crippen LogP contribution in [0.15, 0.2) is 59.1 Å². The Balaban J connectivity index is 2.01. The summed E-state index contributed by atoms with van der Waals surface area (Å²) in [6, 6.07) is 14.0. The molecule has 1 aliphatic carbocycles. The van der Waals surface area contributed by atoms with Gasteiger partial charge in [-0.3, -0.25) is 19.9 Å². The van der Waals surface area contributed by atoms with E-state index in [0.717, 1.165) is 16.1 Å². The molecule has 2 aliphatic rings. The molecular weight excluding hydrogens is 372 g/mol. The molecular formula is C22H18N2O3S. The third kappa shape index (κ3) is 2.64. The van der Waals surface area contributed by atoms with Gasteiger partial charge in [-0.15, -0.1) is 0 Å². The van der Waals surface area contributed by atoms with Crippen LogP contribution in [0.3, 0.4) is 0 Å². The number of nitro groups is 1. The van der Waals surface area contributed by atoms with Crippen molar-refractivity contribution in [3.05, 3.63) is 80.9 Å². The van der Waals surface area contributed by atoms with E-state index in [-0.39, 0.29) is 17.4 Å². The zero-order valence-electron chi connectivity index (χ0n) is 15.5. The number of Topliss-reactive ketones (excluding diaryl/α,β-unsaturated/α-hetero) is 1. The average Bonchev–Trinajstić information content (AvgIpc) is 2.98. The van der Waals surface area contributed by atoms with Gasteiger partial charge in [0.1, 0.15) is 0 Å². The van der Waals surface area contributed by atoms with Crippen molar-refractivity contribution >= 4 is 40.0 Å². The number of rotatable bonds is 4. The van der Waals surface area contributed by atoms with Gasteiger partial charge in [0, 0.05) is 50.7 Å². The first-order valence-electron chi connectivity index (χ1n) is 9.15. The smallest absolute Gasteiger partial charge is 0.273 e. The third-order valence-electron chi connectivity index (χ3n) is 5.47. The minimum atomic E-state index is -0.513. The van der Waals surface area contributed by atoms with E-state index in [1.165, 1.54) is 6.07 Å². The van der Waals surface area contributed by atoms with E-state index in [0.29, 0.717) is 28.8 Å².